The smallest absolute Gasteiger partial charge is 0.0619 e. The third-order valence-corrected chi connectivity index (χ3v) is 12.8. The van der Waals surface area contributed by atoms with Crippen molar-refractivity contribution in [1.29, 1.82) is 0 Å². The van der Waals surface area contributed by atoms with Gasteiger partial charge >= 0.3 is 0 Å². The first-order valence-electron chi connectivity index (χ1n) is 19.5. The van der Waals surface area contributed by atoms with E-state index in [-0.39, 0.29) is 10.8 Å². The van der Waals surface area contributed by atoms with Gasteiger partial charge in [0.1, 0.15) is 0 Å². The van der Waals surface area contributed by atoms with E-state index in [2.05, 4.69) is 209 Å². The van der Waals surface area contributed by atoms with Crippen LogP contribution < -0.4 is 4.90 Å². The fourth-order valence-corrected chi connectivity index (χ4v) is 10.0. The number of fused-ring (bicyclic) bond motifs is 8. The minimum atomic E-state index is -0.146. The van der Waals surface area contributed by atoms with Crippen LogP contribution in [-0.4, -0.2) is 0 Å². The number of benzene rings is 9. The molecule has 0 spiro atoms. The monoisotopic (exact) mass is 703 g/mol. The molecule has 11 rings (SSSR count). The summed E-state index contributed by atoms with van der Waals surface area (Å²) >= 11 is 0. The molecule has 1 heteroatoms. The first-order chi connectivity index (χ1) is 26.8. The summed E-state index contributed by atoms with van der Waals surface area (Å²) < 4.78 is 0. The number of para-hydroxylation sites is 2. The van der Waals surface area contributed by atoms with Crippen molar-refractivity contribution in [1.82, 2.24) is 0 Å². The Labute approximate surface area is 323 Å². The molecule has 0 radical (unpaired) electrons. The molecule has 55 heavy (non-hydrogen) atoms. The lowest BCUT2D eigenvalue weighted by molar-refractivity contribution is 0.632. The van der Waals surface area contributed by atoms with Crippen molar-refractivity contribution in [3.8, 4) is 33.4 Å². The molecule has 9 aromatic rings. The van der Waals surface area contributed by atoms with Crippen LogP contribution in [0.1, 0.15) is 49.9 Å². The minimum absolute atomic E-state index is 0.0511. The van der Waals surface area contributed by atoms with Crippen molar-refractivity contribution in [2.75, 3.05) is 4.90 Å². The topological polar surface area (TPSA) is 3.24 Å². The molecule has 0 saturated heterocycles. The van der Waals surface area contributed by atoms with E-state index in [1.807, 2.05) is 0 Å². The number of hydrogen-bond acceptors (Lipinski definition) is 1. The maximum absolute atomic E-state index is 2.56. The van der Waals surface area contributed by atoms with E-state index in [9.17, 15) is 0 Å². The van der Waals surface area contributed by atoms with Crippen molar-refractivity contribution in [2.45, 2.75) is 38.5 Å². The zero-order chi connectivity index (χ0) is 37.1. The summed E-state index contributed by atoms with van der Waals surface area (Å²) in [6.07, 6.45) is 0. The molecule has 0 atom stereocenters. The molecule has 1 nitrogen and oxygen atoms in total. The van der Waals surface area contributed by atoms with Gasteiger partial charge in [-0.3, -0.25) is 0 Å². The summed E-state index contributed by atoms with van der Waals surface area (Å²) in [5.41, 5.74) is 16.6. The van der Waals surface area contributed by atoms with Gasteiger partial charge in [-0.2, -0.15) is 0 Å². The normalized spacial score (nSPS) is 14.8. The first-order valence-corrected chi connectivity index (χ1v) is 19.5. The lowest BCUT2D eigenvalue weighted by atomic mass is 9.73. The van der Waals surface area contributed by atoms with Crippen LogP contribution in [0.2, 0.25) is 0 Å². The summed E-state index contributed by atoms with van der Waals surface area (Å²) in [6.45, 7) is 9.46. The van der Waals surface area contributed by atoms with Crippen molar-refractivity contribution >= 4 is 49.4 Å². The molecular weight excluding hydrogens is 663 g/mol. The van der Waals surface area contributed by atoms with Crippen LogP contribution in [0.3, 0.4) is 0 Å². The van der Waals surface area contributed by atoms with E-state index in [0.717, 1.165) is 0 Å². The summed E-state index contributed by atoms with van der Waals surface area (Å²) in [7, 11) is 0. The highest BCUT2D eigenvalue weighted by molar-refractivity contribution is 6.23. The number of nitrogens with zero attached hydrogens (tertiary/aromatic N) is 1. The quantitative estimate of drug-likeness (QED) is 0.166. The van der Waals surface area contributed by atoms with Crippen LogP contribution in [0.5, 0.6) is 0 Å². The molecule has 0 fully saturated rings. The van der Waals surface area contributed by atoms with E-state index in [1.165, 1.54) is 105 Å². The van der Waals surface area contributed by atoms with Gasteiger partial charge in [-0.05, 0) is 108 Å². The molecule has 1 heterocycles. The van der Waals surface area contributed by atoms with Gasteiger partial charge in [-0.15, -0.1) is 0 Å². The Bertz CT molecular complexity index is 3000. The average Bonchev–Trinajstić information content (AvgIpc) is 3.45. The Kier molecular flexibility index (Phi) is 6.72. The molecule has 0 bridgehead atoms. The fourth-order valence-electron chi connectivity index (χ4n) is 10.0. The molecular formula is C54H41N. The summed E-state index contributed by atoms with van der Waals surface area (Å²) in [5, 5.41) is 7.50. The highest BCUT2D eigenvalue weighted by atomic mass is 15.2. The molecule has 0 unspecified atom stereocenters. The third kappa shape index (κ3) is 4.53. The molecule has 2 aliphatic rings. The van der Waals surface area contributed by atoms with E-state index in [4.69, 9.17) is 0 Å². The Balaban J connectivity index is 1.26. The van der Waals surface area contributed by atoms with Crippen molar-refractivity contribution in [3.05, 3.63) is 198 Å². The zero-order valence-electron chi connectivity index (χ0n) is 31.7. The maximum atomic E-state index is 2.56. The lowest BCUT2D eigenvalue weighted by Gasteiger charge is -2.42. The molecule has 262 valence electrons. The molecule has 0 amide bonds. The second-order valence-corrected chi connectivity index (χ2v) is 16.5. The van der Waals surface area contributed by atoms with E-state index in [0.29, 0.717) is 0 Å². The van der Waals surface area contributed by atoms with Gasteiger partial charge in [-0.25, -0.2) is 0 Å². The number of rotatable bonds is 3. The second-order valence-electron chi connectivity index (χ2n) is 16.5. The van der Waals surface area contributed by atoms with Crippen LogP contribution in [0.15, 0.2) is 176 Å². The number of hydrogen-bond donors (Lipinski definition) is 0. The first kappa shape index (κ1) is 32.0. The van der Waals surface area contributed by atoms with Crippen molar-refractivity contribution in [2.24, 2.45) is 0 Å². The van der Waals surface area contributed by atoms with Crippen molar-refractivity contribution < 1.29 is 0 Å². The fraction of sp³-hybridized carbons (Fsp3) is 0.111. The lowest BCUT2D eigenvalue weighted by Crippen LogP contribution is -2.30. The van der Waals surface area contributed by atoms with Crippen LogP contribution in [0.25, 0.3) is 65.7 Å². The van der Waals surface area contributed by atoms with Gasteiger partial charge in [0.15, 0.2) is 0 Å². The standard InChI is InChI=1S/C54H41N/c1-53(2)45-20-10-9-17-39(45)43-33-38(28-30-46(43)53)51-40-18-7-8-19-41(40)52(55-49-23-13-11-21-47(49)54(3,4)48-22-12-14-24-50(48)55)42-29-27-37(32-44(42)51)36-26-25-34-15-5-6-16-35(34)31-36/h5-33H,1-4H3. The Hall–Kier alpha value is -6.44. The summed E-state index contributed by atoms with van der Waals surface area (Å²) in [6, 6.07) is 66.0. The van der Waals surface area contributed by atoms with Gasteiger partial charge in [0.05, 0.1) is 17.1 Å². The highest BCUT2D eigenvalue weighted by Crippen LogP contribution is 2.56. The van der Waals surface area contributed by atoms with E-state index >= 15 is 0 Å². The van der Waals surface area contributed by atoms with Crippen molar-refractivity contribution in [3.63, 3.8) is 0 Å². The van der Waals surface area contributed by atoms with Crippen LogP contribution in [-0.2, 0) is 10.8 Å². The molecule has 9 aromatic carbocycles. The van der Waals surface area contributed by atoms with Crippen LogP contribution >= 0.6 is 0 Å². The van der Waals surface area contributed by atoms with Gasteiger partial charge in [0, 0.05) is 21.6 Å². The van der Waals surface area contributed by atoms with Gasteiger partial charge in [0.25, 0.3) is 0 Å². The highest BCUT2D eigenvalue weighted by Gasteiger charge is 2.38. The summed E-state index contributed by atoms with van der Waals surface area (Å²) in [4.78, 5) is 2.56. The minimum Gasteiger partial charge on any atom is -0.309 e. The predicted molar refractivity (Wildman–Crippen MR) is 234 cm³/mol. The zero-order valence-corrected chi connectivity index (χ0v) is 31.7. The Morgan fingerprint density at radius 2 is 0.873 bits per heavy atom. The van der Waals surface area contributed by atoms with Crippen LogP contribution in [0.4, 0.5) is 17.1 Å². The maximum Gasteiger partial charge on any atom is 0.0619 e. The van der Waals surface area contributed by atoms with Crippen LogP contribution in [0, 0.1) is 0 Å². The third-order valence-electron chi connectivity index (χ3n) is 12.8. The molecule has 1 aliphatic carbocycles. The largest absolute Gasteiger partial charge is 0.309 e. The van der Waals surface area contributed by atoms with E-state index < -0.39 is 0 Å². The second kappa shape index (κ2) is 11.5. The molecule has 0 N–H and O–H groups in total. The SMILES string of the molecule is CC1(C)c2ccccc2-c2cc(-c3c4ccccc4c(N4c5ccccc5C(C)(C)c5ccccc54)c4ccc(-c5ccc6ccccc6c5)cc34)ccc21. The van der Waals surface area contributed by atoms with Gasteiger partial charge < -0.3 is 4.90 Å². The van der Waals surface area contributed by atoms with E-state index in [1.54, 1.807) is 0 Å². The van der Waals surface area contributed by atoms with Gasteiger partial charge in [-0.1, -0.05) is 173 Å². The molecule has 1 aliphatic heterocycles. The summed E-state index contributed by atoms with van der Waals surface area (Å²) in [5.74, 6) is 0. The molecule has 0 saturated carbocycles. The Morgan fingerprint density at radius 1 is 0.345 bits per heavy atom. The average molecular weight is 704 g/mol. The number of anilines is 3. The van der Waals surface area contributed by atoms with Gasteiger partial charge in [0.2, 0.25) is 0 Å². The Morgan fingerprint density at radius 3 is 1.64 bits per heavy atom. The predicted octanol–water partition coefficient (Wildman–Crippen LogP) is 14.9. The molecule has 0 aromatic heterocycles.